The number of amides is 1. The average Bonchev–Trinajstić information content (AvgIpc) is 3.06. The highest BCUT2D eigenvalue weighted by Crippen LogP contribution is 2.17. The second-order valence-electron chi connectivity index (χ2n) is 6.45. The number of hydrogen-bond acceptors (Lipinski definition) is 6. The van der Waals surface area contributed by atoms with Crippen molar-refractivity contribution in [1.29, 1.82) is 0 Å². The van der Waals surface area contributed by atoms with Gasteiger partial charge >= 0.3 is 0 Å². The van der Waals surface area contributed by atoms with E-state index in [1.54, 1.807) is 33.0 Å². The Balaban J connectivity index is 2.15. The van der Waals surface area contributed by atoms with Gasteiger partial charge in [0.15, 0.2) is 5.82 Å². The molecule has 8 nitrogen and oxygen atoms in total. The molecule has 0 radical (unpaired) electrons. The molecule has 27 heavy (non-hydrogen) atoms. The fourth-order valence-electron chi connectivity index (χ4n) is 2.34. The minimum atomic E-state index is -3.84. The van der Waals surface area contributed by atoms with E-state index in [2.05, 4.69) is 30.8 Å². The van der Waals surface area contributed by atoms with Gasteiger partial charge in [0.2, 0.25) is 21.8 Å². The number of nitrogens with zero attached hydrogens (tertiary/aromatic N) is 3. The van der Waals surface area contributed by atoms with Gasteiger partial charge in [-0.15, -0.1) is 0 Å². The van der Waals surface area contributed by atoms with Crippen LogP contribution in [-0.4, -0.2) is 42.5 Å². The van der Waals surface area contributed by atoms with Gasteiger partial charge in [0.05, 0.1) is 11.4 Å². The Labute approximate surface area is 167 Å². The van der Waals surface area contributed by atoms with Gasteiger partial charge in [-0.2, -0.15) is 9.71 Å². The van der Waals surface area contributed by atoms with Crippen LogP contribution < -0.4 is 4.72 Å². The lowest BCUT2D eigenvalue weighted by molar-refractivity contribution is -0.133. The van der Waals surface area contributed by atoms with Crippen molar-refractivity contribution in [3.05, 3.63) is 40.5 Å². The van der Waals surface area contributed by atoms with Crippen LogP contribution in [0.2, 0.25) is 0 Å². The molecule has 0 fully saturated rings. The lowest BCUT2D eigenvalue weighted by Crippen LogP contribution is -2.49. The van der Waals surface area contributed by atoms with E-state index < -0.39 is 16.1 Å². The summed E-state index contributed by atoms with van der Waals surface area (Å²) < 4.78 is 33.7. The van der Waals surface area contributed by atoms with Crippen molar-refractivity contribution in [3.63, 3.8) is 0 Å². The fraction of sp³-hybridized carbons (Fsp3) is 0.471. The van der Waals surface area contributed by atoms with Crippen molar-refractivity contribution < 1.29 is 17.7 Å². The molecule has 0 saturated heterocycles. The molecule has 1 aromatic heterocycles. The summed E-state index contributed by atoms with van der Waals surface area (Å²) in [6.07, 6.45) is 0.628. The number of hydrogen-bond donors (Lipinski definition) is 1. The minimum Gasteiger partial charge on any atom is -0.337 e. The number of nitrogens with one attached hydrogen (secondary N) is 1. The smallest absolute Gasteiger partial charge is 0.246 e. The van der Waals surface area contributed by atoms with Crippen molar-refractivity contribution in [1.82, 2.24) is 19.8 Å². The van der Waals surface area contributed by atoms with Crippen LogP contribution in [0.5, 0.6) is 0 Å². The molecule has 0 unspecified atom stereocenters. The van der Waals surface area contributed by atoms with Crippen LogP contribution >= 0.6 is 15.9 Å². The van der Waals surface area contributed by atoms with E-state index >= 15 is 0 Å². The van der Waals surface area contributed by atoms with Gasteiger partial charge in [-0.1, -0.05) is 41.9 Å². The maximum Gasteiger partial charge on any atom is 0.246 e. The SMILES string of the molecule is CCc1noc(CN(C)C(=O)[C@@H](NS(=O)(=O)c2ccc(Br)cc2)C(C)C)n1. The third-order valence-electron chi connectivity index (χ3n) is 3.91. The first kappa shape index (κ1) is 21.5. The zero-order chi connectivity index (χ0) is 20.2. The van der Waals surface area contributed by atoms with E-state index in [0.717, 1.165) is 4.47 Å². The summed E-state index contributed by atoms with van der Waals surface area (Å²) in [4.78, 5) is 18.5. The fourth-order valence-corrected chi connectivity index (χ4v) is 3.94. The average molecular weight is 459 g/mol. The second kappa shape index (κ2) is 8.94. The molecule has 1 aromatic carbocycles. The number of aryl methyl sites for hydroxylation is 1. The summed E-state index contributed by atoms with van der Waals surface area (Å²) in [5, 5.41) is 3.79. The normalized spacial score (nSPS) is 13.0. The predicted octanol–water partition coefficient (Wildman–Crippen LogP) is 2.36. The van der Waals surface area contributed by atoms with Gasteiger partial charge in [-0.05, 0) is 30.2 Å². The summed E-state index contributed by atoms with van der Waals surface area (Å²) >= 11 is 3.27. The van der Waals surface area contributed by atoms with E-state index in [-0.39, 0.29) is 23.3 Å². The second-order valence-corrected chi connectivity index (χ2v) is 9.08. The Bertz CT molecular complexity index is 881. The van der Waals surface area contributed by atoms with Gasteiger partial charge in [0, 0.05) is 17.9 Å². The zero-order valence-corrected chi connectivity index (χ0v) is 18.0. The third-order valence-corrected chi connectivity index (χ3v) is 5.90. The number of carbonyl (C=O) groups is 1. The van der Waals surface area contributed by atoms with Crippen LogP contribution in [0.4, 0.5) is 0 Å². The summed E-state index contributed by atoms with van der Waals surface area (Å²) in [6.45, 7) is 5.56. The molecule has 0 saturated carbocycles. The summed E-state index contributed by atoms with van der Waals surface area (Å²) in [6, 6.07) is 5.30. The van der Waals surface area contributed by atoms with Crippen molar-refractivity contribution >= 4 is 31.9 Å². The Morgan fingerprint density at radius 1 is 1.30 bits per heavy atom. The van der Waals surface area contributed by atoms with Gasteiger partial charge in [-0.3, -0.25) is 4.79 Å². The molecule has 0 aliphatic rings. The molecule has 1 heterocycles. The number of rotatable bonds is 8. The van der Waals surface area contributed by atoms with E-state index in [1.807, 2.05) is 6.92 Å². The van der Waals surface area contributed by atoms with E-state index in [9.17, 15) is 13.2 Å². The predicted molar refractivity (Wildman–Crippen MR) is 103 cm³/mol. The summed E-state index contributed by atoms with van der Waals surface area (Å²) in [7, 11) is -2.27. The monoisotopic (exact) mass is 458 g/mol. The molecule has 10 heteroatoms. The van der Waals surface area contributed by atoms with Crippen molar-refractivity contribution in [2.45, 2.75) is 44.7 Å². The molecule has 148 valence electrons. The van der Waals surface area contributed by atoms with Crippen molar-refractivity contribution in [2.24, 2.45) is 5.92 Å². The largest absolute Gasteiger partial charge is 0.337 e. The van der Waals surface area contributed by atoms with Gasteiger partial charge < -0.3 is 9.42 Å². The number of sulfonamides is 1. The highest BCUT2D eigenvalue weighted by molar-refractivity contribution is 9.10. The molecule has 2 aromatic rings. The quantitative estimate of drug-likeness (QED) is 0.650. The van der Waals surface area contributed by atoms with Gasteiger partial charge in [0.1, 0.15) is 6.04 Å². The molecular formula is C17H23BrN4O4S. The van der Waals surface area contributed by atoms with Crippen LogP contribution in [0, 0.1) is 5.92 Å². The Hall–Kier alpha value is -1.78. The van der Waals surface area contributed by atoms with Gasteiger partial charge in [0.25, 0.3) is 0 Å². The lowest BCUT2D eigenvalue weighted by Gasteiger charge is -2.26. The maximum absolute atomic E-state index is 12.8. The number of halogens is 1. The number of carbonyl (C=O) groups excluding carboxylic acids is 1. The first-order valence-electron chi connectivity index (χ1n) is 8.48. The first-order chi connectivity index (χ1) is 12.6. The molecule has 1 atom stereocenters. The molecule has 2 rings (SSSR count). The van der Waals surface area contributed by atoms with Crippen LogP contribution in [0.25, 0.3) is 0 Å². The standard InChI is InChI=1S/C17H23BrN4O4S/c1-5-14-19-15(26-20-14)10-22(4)17(23)16(11(2)3)21-27(24,25)13-8-6-12(18)7-9-13/h6-9,11,16,21H,5,10H2,1-4H3/t16-/m0/s1. The van der Waals surface area contributed by atoms with E-state index in [4.69, 9.17) is 4.52 Å². The Kier molecular flexibility index (Phi) is 7.12. The van der Waals surface area contributed by atoms with Crippen molar-refractivity contribution in [2.75, 3.05) is 7.05 Å². The lowest BCUT2D eigenvalue weighted by atomic mass is 10.0. The zero-order valence-electron chi connectivity index (χ0n) is 15.6. The minimum absolute atomic E-state index is 0.0938. The summed E-state index contributed by atoms with van der Waals surface area (Å²) in [5.41, 5.74) is 0. The van der Waals surface area contributed by atoms with Crippen molar-refractivity contribution in [3.8, 4) is 0 Å². The number of likely N-dealkylation sites (N-methyl/N-ethyl adjacent to an activating group) is 1. The van der Waals surface area contributed by atoms with Crippen LogP contribution in [0.15, 0.2) is 38.2 Å². The molecule has 1 N–H and O–H groups in total. The number of benzene rings is 1. The first-order valence-corrected chi connectivity index (χ1v) is 10.8. The summed E-state index contributed by atoms with van der Waals surface area (Å²) in [5.74, 6) is 0.240. The molecule has 0 spiro atoms. The molecule has 0 aliphatic heterocycles. The van der Waals surface area contributed by atoms with Crippen LogP contribution in [0.1, 0.15) is 32.5 Å². The topological polar surface area (TPSA) is 105 Å². The van der Waals surface area contributed by atoms with Gasteiger partial charge in [-0.25, -0.2) is 8.42 Å². The van der Waals surface area contributed by atoms with Crippen LogP contribution in [0.3, 0.4) is 0 Å². The molecular weight excluding hydrogens is 436 g/mol. The maximum atomic E-state index is 12.8. The third kappa shape index (κ3) is 5.60. The number of aromatic nitrogens is 2. The Morgan fingerprint density at radius 2 is 1.93 bits per heavy atom. The molecule has 1 amide bonds. The van der Waals surface area contributed by atoms with Crippen LogP contribution in [-0.2, 0) is 27.8 Å². The van der Waals surface area contributed by atoms with E-state index in [0.29, 0.717) is 18.1 Å². The Morgan fingerprint density at radius 3 is 2.44 bits per heavy atom. The molecule has 0 bridgehead atoms. The highest BCUT2D eigenvalue weighted by atomic mass is 79.9. The molecule has 0 aliphatic carbocycles. The van der Waals surface area contributed by atoms with E-state index in [1.165, 1.54) is 17.0 Å². The highest BCUT2D eigenvalue weighted by Gasteiger charge is 2.31.